The van der Waals surface area contributed by atoms with E-state index < -0.39 is 0 Å². The number of benzene rings is 1. The van der Waals surface area contributed by atoms with Crippen LogP contribution in [0.3, 0.4) is 0 Å². The number of hydrogen-bond acceptors (Lipinski definition) is 2. The van der Waals surface area contributed by atoms with Gasteiger partial charge in [0.05, 0.1) is 10.7 Å². The van der Waals surface area contributed by atoms with E-state index >= 15 is 0 Å². The molecule has 0 aliphatic carbocycles. The van der Waals surface area contributed by atoms with Crippen LogP contribution in [-0.4, -0.2) is 13.7 Å². The minimum atomic E-state index is 0.188. The molecule has 0 saturated heterocycles. The topological polar surface area (TPSA) is 21.3 Å². The SMILES string of the molecule is CNc1ccc(OCC=C(Cl)Cl)cc1Cl. The Balaban J connectivity index is 2.63. The third-order valence-corrected chi connectivity index (χ3v) is 2.32. The molecule has 82 valence electrons. The highest BCUT2D eigenvalue weighted by Crippen LogP contribution is 2.26. The van der Waals surface area contributed by atoms with Gasteiger partial charge in [0, 0.05) is 13.1 Å². The van der Waals surface area contributed by atoms with Gasteiger partial charge in [-0.1, -0.05) is 34.8 Å². The first-order valence-corrected chi connectivity index (χ1v) is 5.38. The van der Waals surface area contributed by atoms with E-state index in [1.54, 1.807) is 19.2 Å². The highest BCUT2D eigenvalue weighted by atomic mass is 35.5. The number of ether oxygens (including phenoxy) is 1. The number of anilines is 1. The van der Waals surface area contributed by atoms with Crippen molar-refractivity contribution in [3.8, 4) is 5.75 Å². The third-order valence-electron chi connectivity index (χ3n) is 1.70. The van der Waals surface area contributed by atoms with Crippen molar-refractivity contribution in [1.29, 1.82) is 0 Å². The summed E-state index contributed by atoms with van der Waals surface area (Å²) in [6, 6.07) is 5.38. The number of rotatable bonds is 4. The Bertz CT molecular complexity index is 362. The Hall–Kier alpha value is -0.570. The lowest BCUT2D eigenvalue weighted by molar-refractivity contribution is 0.363. The highest BCUT2D eigenvalue weighted by Gasteiger charge is 2.00. The Morgan fingerprint density at radius 3 is 2.73 bits per heavy atom. The first-order chi connectivity index (χ1) is 7.13. The van der Waals surface area contributed by atoms with Crippen LogP contribution in [0.5, 0.6) is 5.75 Å². The molecule has 0 aliphatic rings. The molecule has 1 aromatic rings. The summed E-state index contributed by atoms with van der Waals surface area (Å²) < 4.78 is 5.53. The zero-order valence-electron chi connectivity index (χ0n) is 8.06. The number of halogens is 3. The fourth-order valence-corrected chi connectivity index (χ4v) is 1.38. The summed E-state index contributed by atoms with van der Waals surface area (Å²) >= 11 is 16.8. The van der Waals surface area contributed by atoms with Gasteiger partial charge in [-0.05, 0) is 18.2 Å². The van der Waals surface area contributed by atoms with Gasteiger partial charge in [-0.15, -0.1) is 0 Å². The average Bonchev–Trinajstić information content (AvgIpc) is 2.17. The molecule has 1 rings (SSSR count). The zero-order valence-corrected chi connectivity index (χ0v) is 10.3. The maximum Gasteiger partial charge on any atom is 0.121 e. The average molecular weight is 267 g/mol. The summed E-state index contributed by atoms with van der Waals surface area (Å²) in [4.78, 5) is 0. The molecule has 0 atom stereocenters. The monoisotopic (exact) mass is 265 g/mol. The largest absolute Gasteiger partial charge is 0.489 e. The van der Waals surface area contributed by atoms with E-state index in [1.165, 1.54) is 0 Å². The van der Waals surface area contributed by atoms with Gasteiger partial charge in [-0.3, -0.25) is 0 Å². The molecule has 0 saturated carbocycles. The van der Waals surface area contributed by atoms with Crippen LogP contribution < -0.4 is 10.1 Å². The van der Waals surface area contributed by atoms with Crippen LogP contribution in [0, 0.1) is 0 Å². The highest BCUT2D eigenvalue weighted by molar-refractivity contribution is 6.55. The van der Waals surface area contributed by atoms with Crippen LogP contribution in [0.4, 0.5) is 5.69 Å². The molecule has 0 bridgehead atoms. The predicted molar refractivity (Wildman–Crippen MR) is 66.3 cm³/mol. The van der Waals surface area contributed by atoms with Gasteiger partial charge >= 0.3 is 0 Å². The van der Waals surface area contributed by atoms with E-state index in [0.29, 0.717) is 17.4 Å². The van der Waals surface area contributed by atoms with Crippen LogP contribution in [0.25, 0.3) is 0 Å². The van der Waals surface area contributed by atoms with Crippen LogP contribution in [0.15, 0.2) is 28.8 Å². The molecule has 5 heteroatoms. The molecular formula is C10H10Cl3NO. The zero-order chi connectivity index (χ0) is 11.3. The van der Waals surface area contributed by atoms with Crippen LogP contribution in [0.1, 0.15) is 0 Å². The molecule has 1 N–H and O–H groups in total. The lowest BCUT2D eigenvalue weighted by Gasteiger charge is -2.07. The van der Waals surface area contributed by atoms with Gasteiger partial charge in [0.1, 0.15) is 16.8 Å². The first-order valence-electron chi connectivity index (χ1n) is 4.24. The maximum absolute atomic E-state index is 5.96. The van der Waals surface area contributed by atoms with Gasteiger partial charge < -0.3 is 10.1 Å². The van der Waals surface area contributed by atoms with Crippen LogP contribution >= 0.6 is 34.8 Å². The summed E-state index contributed by atoms with van der Waals surface area (Å²) in [5, 5.41) is 3.56. The van der Waals surface area contributed by atoms with Crippen molar-refractivity contribution in [2.45, 2.75) is 0 Å². The van der Waals surface area contributed by atoms with Crippen molar-refractivity contribution in [3.63, 3.8) is 0 Å². The molecule has 0 radical (unpaired) electrons. The lowest BCUT2D eigenvalue weighted by atomic mass is 10.3. The van der Waals surface area contributed by atoms with Gasteiger partial charge in [-0.25, -0.2) is 0 Å². The molecule has 1 aromatic carbocycles. The second-order valence-corrected chi connectivity index (χ2v) is 4.11. The number of hydrogen-bond donors (Lipinski definition) is 1. The van der Waals surface area contributed by atoms with E-state index in [0.717, 1.165) is 5.69 Å². The Labute approximate surface area is 104 Å². The minimum absolute atomic E-state index is 0.188. The molecule has 0 unspecified atom stereocenters. The van der Waals surface area contributed by atoms with Crippen molar-refractivity contribution in [2.24, 2.45) is 0 Å². The second kappa shape index (κ2) is 6.11. The second-order valence-electron chi connectivity index (χ2n) is 2.70. The van der Waals surface area contributed by atoms with Crippen molar-refractivity contribution >= 4 is 40.5 Å². The summed E-state index contributed by atoms with van der Waals surface area (Å²) in [5.41, 5.74) is 0.856. The normalized spacial score (nSPS) is 9.60. The van der Waals surface area contributed by atoms with E-state index in [9.17, 15) is 0 Å². The van der Waals surface area contributed by atoms with E-state index in [-0.39, 0.29) is 4.49 Å². The first kappa shape index (κ1) is 12.5. The lowest BCUT2D eigenvalue weighted by Crippen LogP contribution is -1.95. The predicted octanol–water partition coefficient (Wildman–Crippen LogP) is 4.08. The molecule has 15 heavy (non-hydrogen) atoms. The van der Waals surface area contributed by atoms with Gasteiger partial charge in [-0.2, -0.15) is 0 Å². The standard InChI is InChI=1S/C10H10Cl3NO/c1-14-9-3-2-7(6-8(9)11)15-5-4-10(12)13/h2-4,6,14H,5H2,1H3. The molecule has 0 heterocycles. The van der Waals surface area contributed by atoms with E-state index in [4.69, 9.17) is 39.5 Å². The van der Waals surface area contributed by atoms with Crippen molar-refractivity contribution < 1.29 is 4.74 Å². The minimum Gasteiger partial charge on any atom is -0.489 e. The smallest absolute Gasteiger partial charge is 0.121 e. The maximum atomic E-state index is 5.96. The molecule has 0 amide bonds. The molecule has 0 fully saturated rings. The third kappa shape index (κ3) is 4.20. The van der Waals surface area contributed by atoms with Crippen LogP contribution in [-0.2, 0) is 0 Å². The van der Waals surface area contributed by atoms with Gasteiger partial charge in [0.2, 0.25) is 0 Å². The van der Waals surface area contributed by atoms with Crippen molar-refractivity contribution in [1.82, 2.24) is 0 Å². The van der Waals surface area contributed by atoms with E-state index in [1.807, 2.05) is 12.1 Å². The fourth-order valence-electron chi connectivity index (χ4n) is 0.989. The quantitative estimate of drug-likeness (QED) is 0.886. The van der Waals surface area contributed by atoms with Crippen LogP contribution in [0.2, 0.25) is 5.02 Å². The van der Waals surface area contributed by atoms with Crippen molar-refractivity contribution in [3.05, 3.63) is 33.8 Å². The molecule has 0 aliphatic heterocycles. The number of nitrogens with one attached hydrogen (secondary N) is 1. The summed E-state index contributed by atoms with van der Waals surface area (Å²) in [7, 11) is 1.80. The molecular weight excluding hydrogens is 256 g/mol. The molecule has 2 nitrogen and oxygen atoms in total. The Morgan fingerprint density at radius 2 is 2.20 bits per heavy atom. The Kier molecular flexibility index (Phi) is 5.09. The molecule has 0 spiro atoms. The summed E-state index contributed by atoms with van der Waals surface area (Å²) in [6.45, 7) is 0.317. The van der Waals surface area contributed by atoms with Gasteiger partial charge in [0.15, 0.2) is 0 Å². The molecule has 0 aromatic heterocycles. The van der Waals surface area contributed by atoms with Crippen molar-refractivity contribution in [2.75, 3.05) is 19.0 Å². The summed E-state index contributed by atoms with van der Waals surface area (Å²) in [5.74, 6) is 0.671. The summed E-state index contributed by atoms with van der Waals surface area (Å²) in [6.07, 6.45) is 1.56. The van der Waals surface area contributed by atoms with E-state index in [2.05, 4.69) is 5.32 Å². The van der Waals surface area contributed by atoms with Gasteiger partial charge in [0.25, 0.3) is 0 Å². The Morgan fingerprint density at radius 1 is 1.47 bits per heavy atom. The fraction of sp³-hybridized carbons (Fsp3) is 0.200.